The van der Waals surface area contributed by atoms with Gasteiger partial charge in [0, 0.05) is 15.8 Å². The summed E-state index contributed by atoms with van der Waals surface area (Å²) in [6, 6.07) is 18.8. The molecule has 1 N–H and O–H groups in total. The summed E-state index contributed by atoms with van der Waals surface area (Å²) in [7, 11) is 0. The Kier molecular flexibility index (Phi) is 7.46. The zero-order chi connectivity index (χ0) is 24.9. The summed E-state index contributed by atoms with van der Waals surface area (Å²) in [5, 5.41) is 4.18. The van der Waals surface area contributed by atoms with E-state index in [1.807, 2.05) is 69.3 Å². The molecule has 0 saturated carbocycles. The van der Waals surface area contributed by atoms with E-state index in [-0.39, 0.29) is 18.6 Å². The molecule has 4 rings (SSSR count). The minimum Gasteiger partial charge on any atom is -0.491 e. The van der Waals surface area contributed by atoms with Gasteiger partial charge < -0.3 is 14.8 Å². The van der Waals surface area contributed by atoms with Crippen molar-refractivity contribution >= 4 is 39.1 Å². The Morgan fingerprint density at radius 3 is 2.43 bits per heavy atom. The number of aryl methyl sites for hydroxylation is 1. The number of benzene rings is 2. The lowest BCUT2D eigenvalue weighted by Crippen LogP contribution is -2.15. The normalized spacial score (nSPS) is 11.0. The zero-order valence-corrected chi connectivity index (χ0v) is 21.1. The Bertz CT molecular complexity index is 1360. The maximum atomic E-state index is 13.5. The first-order chi connectivity index (χ1) is 16.9. The first-order valence-corrected chi connectivity index (χ1v) is 12.5. The number of pyridine rings is 1. The number of para-hydroxylation sites is 1. The highest BCUT2D eigenvalue weighted by atomic mass is 32.1. The molecule has 180 valence electrons. The molecule has 0 unspecified atom stereocenters. The topological polar surface area (TPSA) is 77.5 Å². The number of nitrogens with one attached hydrogen (secondary N) is 1. The van der Waals surface area contributed by atoms with Crippen LogP contribution in [-0.4, -0.2) is 29.6 Å². The van der Waals surface area contributed by atoms with Crippen molar-refractivity contribution < 1.29 is 19.1 Å². The number of thiophene rings is 1. The number of nitrogens with zero attached hydrogens (tertiary/aromatic N) is 1. The van der Waals surface area contributed by atoms with Gasteiger partial charge in [-0.2, -0.15) is 0 Å². The summed E-state index contributed by atoms with van der Waals surface area (Å²) in [5.74, 6) is 0.0285. The summed E-state index contributed by atoms with van der Waals surface area (Å²) in [4.78, 5) is 31.8. The molecule has 0 radical (unpaired) electrons. The van der Waals surface area contributed by atoms with Crippen molar-refractivity contribution in [2.24, 2.45) is 0 Å². The molecule has 0 aliphatic heterocycles. The van der Waals surface area contributed by atoms with Gasteiger partial charge >= 0.3 is 5.97 Å². The summed E-state index contributed by atoms with van der Waals surface area (Å²) in [5.41, 5.74) is 3.12. The van der Waals surface area contributed by atoms with Gasteiger partial charge in [-0.05, 0) is 69.7 Å². The Hall–Kier alpha value is -3.71. The van der Waals surface area contributed by atoms with Gasteiger partial charge in [-0.15, -0.1) is 11.3 Å². The van der Waals surface area contributed by atoms with Gasteiger partial charge in [-0.3, -0.25) is 4.79 Å². The van der Waals surface area contributed by atoms with Gasteiger partial charge in [0.05, 0.1) is 35.0 Å². The Labute approximate surface area is 208 Å². The van der Waals surface area contributed by atoms with Crippen molar-refractivity contribution in [1.82, 2.24) is 4.98 Å². The molecule has 35 heavy (non-hydrogen) atoms. The van der Waals surface area contributed by atoms with E-state index in [4.69, 9.17) is 14.5 Å². The summed E-state index contributed by atoms with van der Waals surface area (Å²) >= 11 is 1.39. The number of anilines is 1. The second kappa shape index (κ2) is 10.7. The van der Waals surface area contributed by atoms with Gasteiger partial charge in [0.25, 0.3) is 5.91 Å². The fraction of sp³-hybridized carbons (Fsp3) is 0.250. The fourth-order valence-electron chi connectivity index (χ4n) is 3.73. The molecule has 4 aromatic rings. The molecule has 0 bridgehead atoms. The maximum Gasteiger partial charge on any atom is 0.341 e. The van der Waals surface area contributed by atoms with Crippen LogP contribution in [0.25, 0.3) is 22.2 Å². The lowest BCUT2D eigenvalue weighted by atomic mass is 10.0. The van der Waals surface area contributed by atoms with Gasteiger partial charge in [-0.25, -0.2) is 9.78 Å². The summed E-state index contributed by atoms with van der Waals surface area (Å²) in [6.45, 7) is 7.99. The minimum atomic E-state index is -0.442. The van der Waals surface area contributed by atoms with Crippen molar-refractivity contribution in [3.8, 4) is 17.0 Å². The van der Waals surface area contributed by atoms with Crippen LogP contribution in [0, 0.1) is 0 Å². The number of fused-ring (bicyclic) bond motifs is 1. The molecule has 2 aromatic heterocycles. The molecule has 0 aliphatic carbocycles. The van der Waals surface area contributed by atoms with E-state index in [2.05, 4.69) is 5.32 Å². The summed E-state index contributed by atoms with van der Waals surface area (Å²) in [6.07, 6.45) is 0.839. The first kappa shape index (κ1) is 24.4. The SMILES string of the molecule is CCOC(=O)c1cc(CC)sc1NC(=O)c1cc(-c2ccc(OC(C)C)cc2)nc2ccccc12. The number of amides is 1. The van der Waals surface area contributed by atoms with Crippen LogP contribution in [-0.2, 0) is 11.2 Å². The standard InChI is InChI=1S/C28H28N2O4S/c1-5-20-15-23(28(32)33-6-2)27(35-20)30-26(31)22-16-25(29-24-10-8-7-9-21(22)24)18-11-13-19(14-12-18)34-17(3)4/h7-17H,5-6H2,1-4H3,(H,30,31). The van der Waals surface area contributed by atoms with Crippen LogP contribution in [0.15, 0.2) is 60.7 Å². The third-order valence-corrected chi connectivity index (χ3v) is 6.53. The second-order valence-corrected chi connectivity index (χ2v) is 9.38. The number of carbonyl (C=O) groups is 2. The molecular formula is C28H28N2O4S. The van der Waals surface area contributed by atoms with E-state index in [9.17, 15) is 9.59 Å². The van der Waals surface area contributed by atoms with Crippen LogP contribution in [0.3, 0.4) is 0 Å². The fourth-order valence-corrected chi connectivity index (χ4v) is 4.71. The molecule has 2 heterocycles. The molecule has 6 nitrogen and oxygen atoms in total. The van der Waals surface area contributed by atoms with Gasteiger partial charge in [0.15, 0.2) is 0 Å². The van der Waals surface area contributed by atoms with Crippen LogP contribution in [0.1, 0.15) is 53.3 Å². The number of rotatable bonds is 8. The van der Waals surface area contributed by atoms with E-state index >= 15 is 0 Å². The van der Waals surface area contributed by atoms with Crippen LogP contribution < -0.4 is 10.1 Å². The van der Waals surface area contributed by atoms with E-state index in [1.54, 1.807) is 19.1 Å². The number of hydrogen-bond donors (Lipinski definition) is 1. The summed E-state index contributed by atoms with van der Waals surface area (Å²) < 4.78 is 10.9. The van der Waals surface area contributed by atoms with Crippen LogP contribution in [0.2, 0.25) is 0 Å². The molecule has 0 spiro atoms. The second-order valence-electron chi connectivity index (χ2n) is 8.25. The van der Waals surface area contributed by atoms with Crippen molar-refractivity contribution in [3.05, 3.63) is 76.7 Å². The molecular weight excluding hydrogens is 460 g/mol. The van der Waals surface area contributed by atoms with Gasteiger partial charge in [-0.1, -0.05) is 25.1 Å². The van der Waals surface area contributed by atoms with Crippen molar-refractivity contribution in [3.63, 3.8) is 0 Å². The van der Waals surface area contributed by atoms with Gasteiger partial charge in [0.1, 0.15) is 10.8 Å². The first-order valence-electron chi connectivity index (χ1n) is 11.7. The minimum absolute atomic E-state index is 0.0833. The average Bonchev–Trinajstić information content (AvgIpc) is 3.26. The lowest BCUT2D eigenvalue weighted by Gasteiger charge is -2.12. The highest BCUT2D eigenvalue weighted by Gasteiger charge is 2.21. The largest absolute Gasteiger partial charge is 0.491 e. The van der Waals surface area contributed by atoms with Crippen LogP contribution in [0.4, 0.5) is 5.00 Å². The smallest absolute Gasteiger partial charge is 0.341 e. The highest BCUT2D eigenvalue weighted by Crippen LogP contribution is 2.32. The quantitative estimate of drug-likeness (QED) is 0.278. The predicted molar refractivity (Wildman–Crippen MR) is 141 cm³/mol. The maximum absolute atomic E-state index is 13.5. The van der Waals surface area contributed by atoms with Crippen molar-refractivity contribution in [1.29, 1.82) is 0 Å². The number of esters is 1. The monoisotopic (exact) mass is 488 g/mol. The van der Waals surface area contributed by atoms with E-state index in [0.717, 1.165) is 28.0 Å². The predicted octanol–water partition coefficient (Wildman–Crippen LogP) is 6.74. The van der Waals surface area contributed by atoms with Crippen LogP contribution in [0.5, 0.6) is 5.75 Å². The molecule has 0 fully saturated rings. The Balaban J connectivity index is 1.72. The molecule has 0 atom stereocenters. The number of carbonyl (C=O) groups excluding carboxylic acids is 2. The van der Waals surface area contributed by atoms with Crippen molar-refractivity contribution in [2.75, 3.05) is 11.9 Å². The number of aromatic nitrogens is 1. The van der Waals surface area contributed by atoms with Crippen molar-refractivity contribution in [2.45, 2.75) is 40.2 Å². The van der Waals surface area contributed by atoms with E-state index in [1.165, 1.54) is 11.3 Å². The van der Waals surface area contributed by atoms with E-state index in [0.29, 0.717) is 27.3 Å². The van der Waals surface area contributed by atoms with E-state index < -0.39 is 5.97 Å². The molecule has 1 amide bonds. The molecule has 0 aliphatic rings. The van der Waals surface area contributed by atoms with Crippen LogP contribution >= 0.6 is 11.3 Å². The third kappa shape index (κ3) is 5.52. The number of ether oxygens (including phenoxy) is 2. The average molecular weight is 489 g/mol. The Morgan fingerprint density at radius 2 is 1.74 bits per heavy atom. The molecule has 7 heteroatoms. The third-order valence-electron chi connectivity index (χ3n) is 5.34. The zero-order valence-electron chi connectivity index (χ0n) is 20.3. The highest BCUT2D eigenvalue weighted by molar-refractivity contribution is 7.16. The Morgan fingerprint density at radius 1 is 1.00 bits per heavy atom. The lowest BCUT2D eigenvalue weighted by molar-refractivity contribution is 0.0528. The molecule has 2 aromatic carbocycles. The number of hydrogen-bond acceptors (Lipinski definition) is 6. The molecule has 0 saturated heterocycles. The van der Waals surface area contributed by atoms with Gasteiger partial charge in [0.2, 0.25) is 0 Å².